The molecule has 9 heteroatoms. The highest BCUT2D eigenvalue weighted by atomic mass is 127. The monoisotopic (exact) mass is 525 g/mol. The van der Waals surface area contributed by atoms with Crippen molar-refractivity contribution in [3.63, 3.8) is 0 Å². The van der Waals surface area contributed by atoms with E-state index < -0.39 is 12.6 Å². The molecular formula is C20H16INO6S. The van der Waals surface area contributed by atoms with Gasteiger partial charge in [-0.1, -0.05) is 18.2 Å². The van der Waals surface area contributed by atoms with Gasteiger partial charge in [-0.05, 0) is 75.8 Å². The normalized spacial score (nSPS) is 15.1. The summed E-state index contributed by atoms with van der Waals surface area (Å²) < 4.78 is 11.5. The first-order chi connectivity index (χ1) is 13.9. The fourth-order valence-corrected chi connectivity index (χ4v) is 3.79. The van der Waals surface area contributed by atoms with E-state index in [1.165, 1.54) is 12.0 Å². The Kier molecular flexibility index (Phi) is 6.80. The number of aliphatic carboxylic acids is 1. The number of carboxylic acid groups (broad SMARTS) is 1. The quantitative estimate of drug-likeness (QED) is 0.432. The molecule has 0 radical (unpaired) electrons. The molecular weight excluding hydrogens is 509 g/mol. The van der Waals surface area contributed by atoms with Crippen LogP contribution in [0.3, 0.4) is 0 Å². The van der Waals surface area contributed by atoms with Gasteiger partial charge in [-0.3, -0.25) is 14.5 Å². The molecule has 0 saturated carbocycles. The third kappa shape index (κ3) is 5.30. The highest BCUT2D eigenvalue weighted by Crippen LogP contribution is 2.35. The SMILES string of the molecule is COc1cc(/C=C2/SC(=O)N(Cc3ccc(I)cc3)C2=O)ccc1OCC(=O)O. The van der Waals surface area contributed by atoms with E-state index in [9.17, 15) is 14.4 Å². The first kappa shape index (κ1) is 21.2. The van der Waals surface area contributed by atoms with E-state index in [2.05, 4.69) is 22.6 Å². The number of rotatable bonds is 7. The van der Waals surface area contributed by atoms with Crippen molar-refractivity contribution in [3.8, 4) is 11.5 Å². The van der Waals surface area contributed by atoms with E-state index in [1.54, 1.807) is 24.3 Å². The van der Waals surface area contributed by atoms with Gasteiger partial charge in [0.05, 0.1) is 18.6 Å². The molecule has 1 aliphatic rings. The van der Waals surface area contributed by atoms with Crippen molar-refractivity contribution in [2.45, 2.75) is 6.54 Å². The number of benzene rings is 2. The minimum Gasteiger partial charge on any atom is -0.493 e. The van der Waals surface area contributed by atoms with Gasteiger partial charge in [0.25, 0.3) is 11.1 Å². The number of carbonyl (C=O) groups excluding carboxylic acids is 2. The molecule has 1 heterocycles. The number of methoxy groups -OCH3 is 1. The number of thioether (sulfide) groups is 1. The summed E-state index contributed by atoms with van der Waals surface area (Å²) >= 11 is 3.07. The molecule has 1 fully saturated rings. The zero-order valence-corrected chi connectivity index (χ0v) is 18.2. The van der Waals surface area contributed by atoms with Crippen LogP contribution in [0.4, 0.5) is 4.79 Å². The van der Waals surface area contributed by atoms with Crippen LogP contribution in [0.5, 0.6) is 11.5 Å². The second-order valence-corrected chi connectivity index (χ2v) is 8.23. The first-order valence-electron chi connectivity index (χ1n) is 8.40. The standard InChI is InChI=1S/C20H16INO6S/c1-27-16-8-13(4-7-15(16)28-11-18(23)24)9-17-19(25)22(20(26)29-17)10-12-2-5-14(21)6-3-12/h2-9H,10-11H2,1H3,(H,23,24)/b17-9+. The van der Waals surface area contributed by atoms with Gasteiger partial charge in [-0.2, -0.15) is 0 Å². The van der Waals surface area contributed by atoms with Crippen LogP contribution in [0.1, 0.15) is 11.1 Å². The topological polar surface area (TPSA) is 93.1 Å². The van der Waals surface area contributed by atoms with Crippen molar-refractivity contribution in [2.24, 2.45) is 0 Å². The summed E-state index contributed by atoms with van der Waals surface area (Å²) in [6, 6.07) is 12.4. The Morgan fingerprint density at radius 2 is 1.90 bits per heavy atom. The van der Waals surface area contributed by atoms with Crippen molar-refractivity contribution >= 4 is 57.5 Å². The number of nitrogens with zero attached hydrogens (tertiary/aromatic N) is 1. The van der Waals surface area contributed by atoms with E-state index in [0.29, 0.717) is 16.2 Å². The average Bonchev–Trinajstić information content (AvgIpc) is 2.95. The van der Waals surface area contributed by atoms with E-state index in [-0.39, 0.29) is 23.4 Å². The molecule has 2 aromatic rings. The van der Waals surface area contributed by atoms with Crippen molar-refractivity contribution in [1.82, 2.24) is 4.90 Å². The maximum atomic E-state index is 12.7. The molecule has 1 aliphatic heterocycles. The molecule has 2 amide bonds. The Balaban J connectivity index is 1.78. The molecule has 0 unspecified atom stereocenters. The van der Waals surface area contributed by atoms with Crippen LogP contribution in [-0.4, -0.2) is 40.8 Å². The van der Waals surface area contributed by atoms with Gasteiger partial charge in [-0.15, -0.1) is 0 Å². The Hall–Kier alpha value is -2.53. The lowest BCUT2D eigenvalue weighted by Crippen LogP contribution is -2.27. The van der Waals surface area contributed by atoms with E-state index >= 15 is 0 Å². The molecule has 2 aromatic carbocycles. The third-order valence-corrected chi connectivity index (χ3v) is 5.59. The summed E-state index contributed by atoms with van der Waals surface area (Å²) in [5.41, 5.74) is 1.50. The van der Waals surface area contributed by atoms with Crippen LogP contribution in [0.15, 0.2) is 47.4 Å². The summed E-state index contributed by atoms with van der Waals surface area (Å²) in [4.78, 5) is 37.2. The third-order valence-electron chi connectivity index (χ3n) is 3.96. The van der Waals surface area contributed by atoms with Crippen LogP contribution in [0.25, 0.3) is 6.08 Å². The van der Waals surface area contributed by atoms with Crippen molar-refractivity contribution in [1.29, 1.82) is 0 Å². The molecule has 29 heavy (non-hydrogen) atoms. The maximum absolute atomic E-state index is 12.7. The summed E-state index contributed by atoms with van der Waals surface area (Å²) in [6.45, 7) is -0.280. The zero-order chi connectivity index (χ0) is 21.0. The summed E-state index contributed by atoms with van der Waals surface area (Å²) in [5, 5.41) is 8.40. The van der Waals surface area contributed by atoms with Crippen molar-refractivity contribution < 1.29 is 29.0 Å². The lowest BCUT2D eigenvalue weighted by Gasteiger charge is -2.12. The molecule has 0 aromatic heterocycles. The minimum absolute atomic E-state index is 0.213. The number of hydrogen-bond donors (Lipinski definition) is 1. The van der Waals surface area contributed by atoms with Crippen molar-refractivity contribution in [2.75, 3.05) is 13.7 Å². The Morgan fingerprint density at radius 1 is 1.17 bits per heavy atom. The van der Waals surface area contributed by atoms with Crippen LogP contribution >= 0.6 is 34.4 Å². The van der Waals surface area contributed by atoms with Gasteiger partial charge in [-0.25, -0.2) is 4.79 Å². The number of carbonyl (C=O) groups is 3. The largest absolute Gasteiger partial charge is 0.493 e. The van der Waals surface area contributed by atoms with Crippen LogP contribution in [-0.2, 0) is 16.1 Å². The number of imide groups is 1. The highest BCUT2D eigenvalue weighted by molar-refractivity contribution is 14.1. The van der Waals surface area contributed by atoms with Gasteiger partial charge >= 0.3 is 5.97 Å². The van der Waals surface area contributed by atoms with E-state index in [4.69, 9.17) is 14.6 Å². The summed E-state index contributed by atoms with van der Waals surface area (Å²) in [6.07, 6.45) is 1.60. The summed E-state index contributed by atoms with van der Waals surface area (Å²) in [5.74, 6) is -0.848. The van der Waals surface area contributed by atoms with Gasteiger partial charge in [0.2, 0.25) is 0 Å². The fourth-order valence-electron chi connectivity index (χ4n) is 2.59. The number of hydrogen-bond acceptors (Lipinski definition) is 6. The Labute approximate surface area is 184 Å². The fraction of sp³-hybridized carbons (Fsp3) is 0.150. The smallest absolute Gasteiger partial charge is 0.341 e. The molecule has 1 saturated heterocycles. The van der Waals surface area contributed by atoms with Gasteiger partial charge in [0, 0.05) is 3.57 Å². The van der Waals surface area contributed by atoms with Crippen LogP contribution in [0, 0.1) is 3.57 Å². The molecule has 150 valence electrons. The minimum atomic E-state index is -1.10. The molecule has 0 aliphatic carbocycles. The predicted molar refractivity (Wildman–Crippen MR) is 117 cm³/mol. The number of halogens is 1. The van der Waals surface area contributed by atoms with Gasteiger partial charge in [0.1, 0.15) is 0 Å². The van der Waals surface area contributed by atoms with E-state index in [1.807, 2.05) is 24.3 Å². The Bertz CT molecular complexity index is 989. The number of amides is 2. The molecule has 0 bridgehead atoms. The molecule has 0 atom stereocenters. The molecule has 0 spiro atoms. The molecule has 1 N–H and O–H groups in total. The first-order valence-corrected chi connectivity index (χ1v) is 10.3. The average molecular weight is 525 g/mol. The second-order valence-electron chi connectivity index (χ2n) is 5.99. The molecule has 3 rings (SSSR count). The lowest BCUT2D eigenvalue weighted by molar-refractivity contribution is -0.139. The lowest BCUT2D eigenvalue weighted by atomic mass is 10.1. The maximum Gasteiger partial charge on any atom is 0.341 e. The van der Waals surface area contributed by atoms with Gasteiger partial charge in [0.15, 0.2) is 18.1 Å². The van der Waals surface area contributed by atoms with Crippen molar-refractivity contribution in [3.05, 3.63) is 62.1 Å². The predicted octanol–water partition coefficient (Wildman–Crippen LogP) is 4.00. The van der Waals surface area contributed by atoms with Gasteiger partial charge < -0.3 is 14.6 Å². The summed E-state index contributed by atoms with van der Waals surface area (Å²) in [7, 11) is 1.43. The zero-order valence-electron chi connectivity index (χ0n) is 15.3. The highest BCUT2D eigenvalue weighted by Gasteiger charge is 2.35. The second kappa shape index (κ2) is 9.31. The molecule has 7 nitrogen and oxygen atoms in total. The van der Waals surface area contributed by atoms with E-state index in [0.717, 1.165) is 20.9 Å². The van der Waals surface area contributed by atoms with Crippen LogP contribution in [0.2, 0.25) is 0 Å². The number of carboxylic acids is 1. The van der Waals surface area contributed by atoms with Crippen LogP contribution < -0.4 is 9.47 Å². The Morgan fingerprint density at radius 3 is 2.55 bits per heavy atom. The number of ether oxygens (including phenoxy) is 2.